The van der Waals surface area contributed by atoms with Crippen molar-refractivity contribution in [3.63, 3.8) is 0 Å². The highest BCUT2D eigenvalue weighted by Gasteiger charge is 2.27. The number of carbonyl (C=O) groups excluding carboxylic acids is 4. The Labute approximate surface area is 142 Å². The van der Waals surface area contributed by atoms with Gasteiger partial charge in [0.1, 0.15) is 5.78 Å². The molecule has 0 saturated heterocycles. The summed E-state index contributed by atoms with van der Waals surface area (Å²) in [5.41, 5.74) is 1.03. The lowest BCUT2D eigenvalue weighted by atomic mass is 10.0. The van der Waals surface area contributed by atoms with Gasteiger partial charge in [0, 0.05) is 32.6 Å². The van der Waals surface area contributed by atoms with E-state index in [4.69, 9.17) is 0 Å². The van der Waals surface area contributed by atoms with Gasteiger partial charge in [-0.15, -0.1) is 0 Å². The number of amides is 1. The Kier molecular flexibility index (Phi) is 7.30. The van der Waals surface area contributed by atoms with E-state index in [0.717, 1.165) is 0 Å². The molecule has 1 amide bonds. The van der Waals surface area contributed by atoms with E-state index >= 15 is 0 Å². The zero-order valence-corrected chi connectivity index (χ0v) is 14.6. The van der Waals surface area contributed by atoms with Crippen molar-refractivity contribution >= 4 is 29.4 Å². The third-order valence-corrected chi connectivity index (χ3v) is 4.07. The molecule has 0 heterocycles. The molecule has 6 nitrogen and oxygen atoms in total. The van der Waals surface area contributed by atoms with Crippen LogP contribution in [0.3, 0.4) is 0 Å². The van der Waals surface area contributed by atoms with Crippen LogP contribution >= 0.6 is 0 Å². The van der Waals surface area contributed by atoms with Crippen molar-refractivity contribution < 1.29 is 19.2 Å². The first-order valence-corrected chi connectivity index (χ1v) is 7.92. The normalized spacial score (nSPS) is 11.5. The van der Waals surface area contributed by atoms with E-state index in [-0.39, 0.29) is 35.5 Å². The van der Waals surface area contributed by atoms with Crippen LogP contribution in [0.25, 0.3) is 0 Å². The number of Topliss-reactive ketones (excluding diaryl/α,β-unsaturated/α-hetero) is 2. The van der Waals surface area contributed by atoms with Gasteiger partial charge in [-0.25, -0.2) is 0 Å². The first-order valence-electron chi connectivity index (χ1n) is 7.92. The van der Waals surface area contributed by atoms with Crippen LogP contribution in [0.1, 0.15) is 53.8 Å². The van der Waals surface area contributed by atoms with Gasteiger partial charge in [0.05, 0.1) is 17.2 Å². The molecule has 0 spiro atoms. The predicted molar refractivity (Wildman–Crippen MR) is 92.5 cm³/mol. The average molecular weight is 332 g/mol. The number of likely N-dealkylation sites (N-methyl/N-ethyl adjacent to an activating group) is 1. The van der Waals surface area contributed by atoms with E-state index in [1.54, 1.807) is 32.2 Å². The van der Waals surface area contributed by atoms with E-state index in [9.17, 15) is 19.2 Å². The highest BCUT2D eigenvalue weighted by Crippen LogP contribution is 2.21. The fraction of sp³-hybridized carbons (Fsp3) is 0.444. The van der Waals surface area contributed by atoms with Gasteiger partial charge in [0.15, 0.2) is 12.1 Å². The quantitative estimate of drug-likeness (QED) is 0.702. The highest BCUT2D eigenvalue weighted by atomic mass is 16.2. The second-order valence-electron chi connectivity index (χ2n) is 5.61. The molecular formula is C18H24N2O4. The molecule has 0 saturated carbocycles. The van der Waals surface area contributed by atoms with Crippen LogP contribution in [-0.4, -0.2) is 48.8 Å². The number of nitrogens with zero attached hydrogens (tertiary/aromatic N) is 1. The molecule has 0 aliphatic carbocycles. The summed E-state index contributed by atoms with van der Waals surface area (Å²) in [5.74, 6) is -0.557. The van der Waals surface area contributed by atoms with Crippen LogP contribution in [0.15, 0.2) is 18.2 Å². The number of hydrogen-bond acceptors (Lipinski definition) is 5. The van der Waals surface area contributed by atoms with Crippen molar-refractivity contribution in [2.24, 2.45) is 0 Å². The van der Waals surface area contributed by atoms with Gasteiger partial charge in [-0.2, -0.15) is 0 Å². The lowest BCUT2D eigenvalue weighted by Crippen LogP contribution is -2.42. The number of anilines is 1. The van der Waals surface area contributed by atoms with Crippen LogP contribution in [-0.2, 0) is 9.59 Å². The first kappa shape index (κ1) is 19.5. The van der Waals surface area contributed by atoms with Crippen molar-refractivity contribution in [2.75, 3.05) is 19.4 Å². The van der Waals surface area contributed by atoms with Crippen molar-refractivity contribution in [2.45, 2.75) is 39.2 Å². The Morgan fingerprint density at radius 1 is 1.29 bits per heavy atom. The van der Waals surface area contributed by atoms with Crippen molar-refractivity contribution in [3.05, 3.63) is 29.3 Å². The van der Waals surface area contributed by atoms with Gasteiger partial charge < -0.3 is 10.2 Å². The molecule has 0 radical (unpaired) electrons. The molecule has 1 aromatic rings. The first-order chi connectivity index (χ1) is 11.4. The Balaban J connectivity index is 3.09. The molecule has 0 aromatic heterocycles. The lowest BCUT2D eigenvalue weighted by Gasteiger charge is -2.27. The summed E-state index contributed by atoms with van der Waals surface area (Å²) in [7, 11) is 3.18. The second kappa shape index (κ2) is 8.96. The Hall–Kier alpha value is -2.50. The molecule has 130 valence electrons. The molecule has 1 aromatic carbocycles. The topological polar surface area (TPSA) is 83.6 Å². The summed E-state index contributed by atoms with van der Waals surface area (Å²) < 4.78 is 0. The zero-order chi connectivity index (χ0) is 18.3. The third kappa shape index (κ3) is 4.50. The minimum atomic E-state index is -0.689. The fourth-order valence-electron chi connectivity index (χ4n) is 2.57. The maximum Gasteiger partial charge on any atom is 0.255 e. The summed E-state index contributed by atoms with van der Waals surface area (Å²) in [5, 5.41) is 2.87. The molecule has 0 fully saturated rings. The Bertz CT molecular complexity index is 640. The zero-order valence-electron chi connectivity index (χ0n) is 14.6. The number of nitrogens with one attached hydrogen (secondary N) is 1. The molecule has 0 aliphatic heterocycles. The molecule has 1 atom stereocenters. The van der Waals surface area contributed by atoms with E-state index < -0.39 is 11.9 Å². The molecule has 0 bridgehead atoms. The smallest absolute Gasteiger partial charge is 0.255 e. The van der Waals surface area contributed by atoms with E-state index in [0.29, 0.717) is 18.4 Å². The molecule has 1 unspecified atom stereocenters. The highest BCUT2D eigenvalue weighted by molar-refractivity contribution is 6.05. The lowest BCUT2D eigenvalue weighted by molar-refractivity contribution is -0.122. The van der Waals surface area contributed by atoms with Crippen LogP contribution < -0.4 is 5.32 Å². The van der Waals surface area contributed by atoms with Gasteiger partial charge in [-0.3, -0.25) is 19.2 Å². The average Bonchev–Trinajstić information content (AvgIpc) is 2.59. The Morgan fingerprint density at radius 3 is 2.46 bits per heavy atom. The van der Waals surface area contributed by atoms with Crippen LogP contribution in [0.5, 0.6) is 0 Å². The SMILES string of the molecule is CCC(=O)CCC(C(C)=O)N(C)C(=O)c1cccc(NC)c1C=O. The van der Waals surface area contributed by atoms with E-state index in [1.807, 2.05) is 0 Å². The fourth-order valence-corrected chi connectivity index (χ4v) is 2.57. The summed E-state index contributed by atoms with van der Waals surface area (Å²) in [6, 6.07) is 4.23. The second-order valence-corrected chi connectivity index (χ2v) is 5.61. The third-order valence-electron chi connectivity index (χ3n) is 4.07. The number of rotatable bonds is 9. The van der Waals surface area contributed by atoms with Crippen molar-refractivity contribution in [3.8, 4) is 0 Å². The predicted octanol–water partition coefficient (Wildman–Crippen LogP) is 2.33. The van der Waals surface area contributed by atoms with Crippen molar-refractivity contribution in [1.82, 2.24) is 4.90 Å². The summed E-state index contributed by atoms with van der Waals surface area (Å²) in [4.78, 5) is 48.9. The number of benzene rings is 1. The van der Waals surface area contributed by atoms with E-state index in [1.165, 1.54) is 18.9 Å². The number of hydrogen-bond donors (Lipinski definition) is 1. The standard InChI is InChI=1S/C18H24N2O4/c1-5-13(23)9-10-17(12(2)22)20(4)18(24)14-7-6-8-16(19-3)15(14)11-21/h6-8,11,17,19H,5,9-10H2,1-4H3. The van der Waals surface area contributed by atoms with Gasteiger partial charge >= 0.3 is 0 Å². The molecule has 24 heavy (non-hydrogen) atoms. The largest absolute Gasteiger partial charge is 0.388 e. The summed E-state index contributed by atoms with van der Waals surface area (Å²) in [6.45, 7) is 3.16. The minimum absolute atomic E-state index is 0.0489. The van der Waals surface area contributed by atoms with Gasteiger partial charge in [-0.1, -0.05) is 13.0 Å². The van der Waals surface area contributed by atoms with Gasteiger partial charge in [-0.05, 0) is 25.5 Å². The molecule has 1 rings (SSSR count). The molecule has 1 N–H and O–H groups in total. The maximum absolute atomic E-state index is 12.8. The maximum atomic E-state index is 12.8. The minimum Gasteiger partial charge on any atom is -0.388 e. The number of ketones is 2. The van der Waals surface area contributed by atoms with Crippen molar-refractivity contribution in [1.29, 1.82) is 0 Å². The van der Waals surface area contributed by atoms with Gasteiger partial charge in [0.2, 0.25) is 0 Å². The molecular weight excluding hydrogens is 308 g/mol. The Morgan fingerprint density at radius 2 is 1.96 bits per heavy atom. The van der Waals surface area contributed by atoms with Crippen LogP contribution in [0, 0.1) is 0 Å². The number of carbonyl (C=O) groups is 4. The molecule has 0 aliphatic rings. The number of aldehydes is 1. The summed E-state index contributed by atoms with van der Waals surface area (Å²) in [6.07, 6.45) is 1.56. The monoisotopic (exact) mass is 332 g/mol. The van der Waals surface area contributed by atoms with Crippen LogP contribution in [0.2, 0.25) is 0 Å². The van der Waals surface area contributed by atoms with Crippen LogP contribution in [0.4, 0.5) is 5.69 Å². The molecule has 6 heteroatoms. The summed E-state index contributed by atoms with van der Waals surface area (Å²) >= 11 is 0. The van der Waals surface area contributed by atoms with Gasteiger partial charge in [0.25, 0.3) is 5.91 Å². The van der Waals surface area contributed by atoms with E-state index in [2.05, 4.69) is 5.32 Å².